The number of halogens is 1. The molecular formula is C41H48ClN11O8S2. The minimum atomic E-state index is -1.10. The van der Waals surface area contributed by atoms with Crippen LogP contribution in [0.3, 0.4) is 0 Å². The van der Waals surface area contributed by atoms with Crippen LogP contribution in [0, 0.1) is 23.2 Å². The average Bonchev–Trinajstić information content (AvgIpc) is 4.05. The summed E-state index contributed by atoms with van der Waals surface area (Å²) < 4.78 is 12.0. The quantitative estimate of drug-likeness (QED) is 0.0493. The molecule has 4 aromatic heterocycles. The van der Waals surface area contributed by atoms with Crippen LogP contribution in [0.15, 0.2) is 48.5 Å². The van der Waals surface area contributed by atoms with Gasteiger partial charge >= 0.3 is 0 Å². The Bertz CT molecular complexity index is 2460. The Morgan fingerprint density at radius 1 is 0.667 bits per heavy atom. The maximum absolute atomic E-state index is 10.5. The number of thiazole rings is 2. The number of hydrogen-bond donors (Lipinski definition) is 10. The first-order chi connectivity index (χ1) is 30.6. The van der Waals surface area contributed by atoms with Gasteiger partial charge in [0.05, 0.1) is 69.1 Å². The number of methoxy groups -OCH3 is 2. The molecule has 2 fully saturated rings. The molecule has 0 spiro atoms. The molecule has 2 aliphatic rings. The van der Waals surface area contributed by atoms with E-state index < -0.39 is 48.3 Å². The molecule has 10 N–H and O–H groups in total. The van der Waals surface area contributed by atoms with Crippen molar-refractivity contribution in [1.82, 2.24) is 29.9 Å². The summed E-state index contributed by atoms with van der Waals surface area (Å²) in [4.78, 5) is 27.1. The number of aromatic nitrogens is 6. The molecule has 19 nitrogen and oxygen atoms in total. The third-order valence-corrected chi connectivity index (χ3v) is 13.2. The Morgan fingerprint density at radius 2 is 1.13 bits per heavy atom. The van der Waals surface area contributed by atoms with Crippen molar-refractivity contribution >= 4 is 78.2 Å². The number of aliphatic hydroxyl groups excluding tert-OH is 6. The van der Waals surface area contributed by atoms with Crippen molar-refractivity contribution in [3.8, 4) is 27.2 Å². The van der Waals surface area contributed by atoms with Gasteiger partial charge in [0, 0.05) is 52.4 Å². The van der Waals surface area contributed by atoms with Gasteiger partial charge in [-0.2, -0.15) is 15.2 Å². The molecule has 22 heteroatoms. The van der Waals surface area contributed by atoms with E-state index in [2.05, 4.69) is 57.2 Å². The molecular weight excluding hydrogens is 874 g/mol. The number of hydrogen-bond acceptors (Lipinski definition) is 21. The number of nitrogens with one attached hydrogen (secondary N) is 4. The number of aliphatic hydroxyl groups is 6. The smallest absolute Gasteiger partial charge is 0.226 e. The molecule has 2 saturated carbocycles. The number of para-hydroxylation sites is 2. The van der Waals surface area contributed by atoms with Crippen LogP contribution in [-0.2, 0) is 9.47 Å². The van der Waals surface area contributed by atoms with Crippen LogP contribution < -0.4 is 21.3 Å². The lowest BCUT2D eigenvalue weighted by Crippen LogP contribution is -2.35. The van der Waals surface area contributed by atoms with Crippen molar-refractivity contribution < 1.29 is 40.1 Å². The summed E-state index contributed by atoms with van der Waals surface area (Å²) in [7, 11) is 3.18. The molecule has 0 unspecified atom stereocenters. The molecule has 8 rings (SSSR count). The minimum absolute atomic E-state index is 0.133. The van der Waals surface area contributed by atoms with E-state index in [9.17, 15) is 35.9 Å². The third kappa shape index (κ3) is 10.4. The van der Waals surface area contributed by atoms with Crippen molar-refractivity contribution in [1.29, 1.82) is 5.26 Å². The second-order valence-electron chi connectivity index (χ2n) is 14.9. The summed E-state index contributed by atoms with van der Waals surface area (Å²) in [6, 6.07) is 16.4. The summed E-state index contributed by atoms with van der Waals surface area (Å²) in [6.07, 6.45) is -3.51. The second-order valence-corrected chi connectivity index (χ2v) is 17.3. The summed E-state index contributed by atoms with van der Waals surface area (Å²) in [5.41, 5.74) is 2.72. The van der Waals surface area contributed by atoms with Gasteiger partial charge in [0.1, 0.15) is 45.1 Å². The van der Waals surface area contributed by atoms with Crippen LogP contribution in [0.1, 0.15) is 18.5 Å². The van der Waals surface area contributed by atoms with Gasteiger partial charge < -0.3 is 61.4 Å². The molecule has 0 aliphatic heterocycles. The highest BCUT2D eigenvalue weighted by molar-refractivity contribution is 7.22. The van der Waals surface area contributed by atoms with Crippen LogP contribution in [0.4, 0.5) is 23.5 Å². The van der Waals surface area contributed by atoms with Gasteiger partial charge in [0.15, 0.2) is 5.69 Å². The van der Waals surface area contributed by atoms with Crippen molar-refractivity contribution in [2.45, 2.75) is 49.3 Å². The predicted molar refractivity (Wildman–Crippen MR) is 241 cm³/mol. The number of benzene rings is 2. The Labute approximate surface area is 374 Å². The minimum Gasteiger partial charge on any atom is -0.396 e. The van der Waals surface area contributed by atoms with E-state index in [1.807, 2.05) is 48.5 Å². The van der Waals surface area contributed by atoms with Gasteiger partial charge in [-0.05, 0) is 37.1 Å². The predicted octanol–water partition coefficient (Wildman–Crippen LogP) is 3.18. The number of anilines is 4. The Morgan fingerprint density at radius 3 is 1.57 bits per heavy atom. The molecule has 334 valence electrons. The number of fused-ring (bicyclic) bond motifs is 2. The fourth-order valence-electron chi connectivity index (χ4n) is 7.47. The zero-order valence-electron chi connectivity index (χ0n) is 34.2. The molecule has 0 radical (unpaired) electrons. The average molecular weight is 922 g/mol. The van der Waals surface area contributed by atoms with Gasteiger partial charge in [0.2, 0.25) is 11.9 Å². The van der Waals surface area contributed by atoms with Crippen molar-refractivity contribution in [3.63, 3.8) is 0 Å². The van der Waals surface area contributed by atoms with E-state index in [1.54, 1.807) is 14.2 Å². The van der Waals surface area contributed by atoms with E-state index in [4.69, 9.17) is 21.1 Å². The zero-order valence-corrected chi connectivity index (χ0v) is 36.6. The molecule has 6 aromatic rings. The van der Waals surface area contributed by atoms with E-state index in [0.29, 0.717) is 77.9 Å². The van der Waals surface area contributed by atoms with E-state index in [1.165, 1.54) is 22.7 Å². The standard InChI is InChI=1S/C21H24N6O4S.C20H24ClN5O4S/c1-31-7-6-23-21-26-14(9-22)16(20-25-12-4-2-3-5-15(12)32-20)19(27-21)24-13-8-11(10-28)17(29)18(13)30;1-30-7-6-22-20-25-17(21)14(19-24-11-4-2-3-5-13(11)31-19)18(26-20)23-12-8-10(9-27)15(28)16(12)29/h2-5,11,13,17-18,28-30H,6-8,10H2,1H3,(H2,23,24,26,27);2-5,10,12,15-16,27-29H,6-9H2,1H3,(H2,22,23,25,26)/t11-,13-,17-,18+;10-,12-,15-,16+/m11/s1. The van der Waals surface area contributed by atoms with Crippen LogP contribution >= 0.6 is 34.3 Å². The fraction of sp³-hybridized carbons (Fsp3) is 0.439. The molecule has 0 amide bonds. The van der Waals surface area contributed by atoms with Gasteiger partial charge in [-0.25, -0.2) is 19.9 Å². The first-order valence-electron chi connectivity index (χ1n) is 20.1. The van der Waals surface area contributed by atoms with Crippen molar-refractivity contribution in [2.24, 2.45) is 11.8 Å². The fourth-order valence-corrected chi connectivity index (χ4v) is 9.81. The highest BCUT2D eigenvalue weighted by Crippen LogP contribution is 2.41. The van der Waals surface area contributed by atoms with Gasteiger partial charge in [-0.15, -0.1) is 22.7 Å². The van der Waals surface area contributed by atoms with Crippen molar-refractivity contribution in [2.75, 3.05) is 75.0 Å². The lowest BCUT2D eigenvalue weighted by molar-refractivity contribution is 0.00443. The SMILES string of the molecule is COCCNc1nc(C#N)c(-c2nc3ccccc3s2)c(N[C@@H]2C[C@H](CO)[C@@H](O)[C@H]2O)n1.COCCNc1nc(Cl)c(-c2nc3ccccc3s2)c(N[C@@H]2C[C@H](CO)[C@@H](O)[C@H]2O)n1. The van der Waals surface area contributed by atoms with Crippen LogP contribution in [0.5, 0.6) is 0 Å². The normalized spacial score (nSPS) is 23.0. The topological polar surface area (TPSA) is 289 Å². The summed E-state index contributed by atoms with van der Waals surface area (Å²) in [5, 5.41) is 84.1. The van der Waals surface area contributed by atoms with E-state index >= 15 is 0 Å². The third-order valence-electron chi connectivity index (χ3n) is 10.8. The lowest BCUT2D eigenvalue weighted by Gasteiger charge is -2.21. The van der Waals surface area contributed by atoms with Crippen LogP contribution in [-0.4, -0.2) is 151 Å². The molecule has 8 atom stereocenters. The molecule has 63 heavy (non-hydrogen) atoms. The first-order valence-corrected chi connectivity index (χ1v) is 22.1. The highest BCUT2D eigenvalue weighted by atomic mass is 35.5. The molecule has 0 saturated heterocycles. The van der Waals surface area contributed by atoms with E-state index in [0.717, 1.165) is 20.4 Å². The van der Waals surface area contributed by atoms with Gasteiger partial charge in [-0.3, -0.25) is 0 Å². The summed E-state index contributed by atoms with van der Waals surface area (Å²) in [5.74, 6) is 0.387. The second kappa shape index (κ2) is 21.1. The van der Waals surface area contributed by atoms with Gasteiger partial charge in [-0.1, -0.05) is 35.9 Å². The lowest BCUT2D eigenvalue weighted by atomic mass is 10.1. The largest absolute Gasteiger partial charge is 0.396 e. The Hall–Kier alpha value is -4.96. The number of nitrogens with zero attached hydrogens (tertiary/aromatic N) is 7. The highest BCUT2D eigenvalue weighted by Gasteiger charge is 2.43. The number of ether oxygens (including phenoxy) is 2. The van der Waals surface area contributed by atoms with E-state index in [-0.39, 0.29) is 30.0 Å². The number of nitriles is 1. The monoisotopic (exact) mass is 921 g/mol. The van der Waals surface area contributed by atoms with Gasteiger partial charge in [0.25, 0.3) is 0 Å². The zero-order chi connectivity index (χ0) is 44.6. The first kappa shape index (κ1) is 46.0. The van der Waals surface area contributed by atoms with Crippen LogP contribution in [0.25, 0.3) is 41.6 Å². The molecule has 2 aliphatic carbocycles. The number of rotatable bonds is 16. The molecule has 2 aromatic carbocycles. The Kier molecular flexibility index (Phi) is 15.5. The molecule has 0 bridgehead atoms. The maximum atomic E-state index is 10.5. The Balaban J connectivity index is 0.000000189. The van der Waals surface area contributed by atoms with Crippen molar-refractivity contribution in [3.05, 3.63) is 59.4 Å². The summed E-state index contributed by atoms with van der Waals surface area (Å²) >= 11 is 9.44. The molecule has 4 heterocycles. The van der Waals surface area contributed by atoms with Crippen LogP contribution in [0.2, 0.25) is 5.15 Å². The maximum Gasteiger partial charge on any atom is 0.226 e. The summed E-state index contributed by atoms with van der Waals surface area (Å²) in [6.45, 7) is 1.38.